The maximum atomic E-state index is 13.2. The molecule has 0 fully saturated rings. The van der Waals surface area contributed by atoms with Crippen LogP contribution in [0.4, 0.5) is 16.5 Å². The number of quaternary nitrogens is 1. The molecule has 3 N–H and O–H groups in total. The van der Waals surface area contributed by atoms with E-state index in [0.29, 0.717) is 14.7 Å². The fourth-order valence-electron chi connectivity index (χ4n) is 3.52. The van der Waals surface area contributed by atoms with Crippen LogP contribution in [0.1, 0.15) is 5.69 Å². The Morgan fingerprint density at radius 1 is 1.02 bits per heavy atom. The number of hydrazone groups is 1. The van der Waals surface area contributed by atoms with Gasteiger partial charge < -0.3 is 21.9 Å². The molecule has 214 valence electrons. The summed E-state index contributed by atoms with van der Waals surface area (Å²) in [6.07, 6.45) is -0.408. The highest BCUT2D eigenvalue weighted by molar-refractivity contribution is 7.22. The molecular weight excluding hydrogens is 582 g/mol. The number of halogens is 1. The first-order valence-electron chi connectivity index (χ1n) is 11.5. The van der Waals surface area contributed by atoms with Gasteiger partial charge in [0, 0.05) is 30.7 Å². The van der Waals surface area contributed by atoms with E-state index in [2.05, 4.69) is 30.8 Å². The third kappa shape index (κ3) is 7.62. The van der Waals surface area contributed by atoms with Crippen molar-refractivity contribution >= 4 is 66.6 Å². The van der Waals surface area contributed by atoms with Gasteiger partial charge in [-0.3, -0.25) is 39.9 Å². The highest BCUT2D eigenvalue weighted by atomic mass is 35.5. The van der Waals surface area contributed by atoms with E-state index in [1.165, 1.54) is 30.3 Å². The summed E-state index contributed by atoms with van der Waals surface area (Å²) < 4.78 is 0.750. The maximum Gasteiger partial charge on any atom is 0.295 e. The number of thiazole rings is 1. The summed E-state index contributed by atoms with van der Waals surface area (Å²) in [6, 6.07) is 7.80. The lowest BCUT2D eigenvalue weighted by Gasteiger charge is -2.22. The number of hydrogen-bond donors (Lipinski definition) is 3. The Bertz CT molecular complexity index is 1780. The van der Waals surface area contributed by atoms with Crippen LogP contribution >= 0.6 is 11.3 Å². The molecule has 18 heteroatoms. The summed E-state index contributed by atoms with van der Waals surface area (Å²) in [6.45, 7) is 0.0443. The van der Waals surface area contributed by atoms with E-state index in [0.717, 1.165) is 17.4 Å². The lowest BCUT2D eigenvalue weighted by Crippen LogP contribution is -3.00. The van der Waals surface area contributed by atoms with Gasteiger partial charge in [0.2, 0.25) is 0 Å². The van der Waals surface area contributed by atoms with E-state index in [4.69, 9.17) is 0 Å². The Morgan fingerprint density at radius 2 is 1.66 bits per heavy atom. The van der Waals surface area contributed by atoms with E-state index in [-0.39, 0.29) is 57.9 Å². The molecule has 0 unspecified atom stereocenters. The molecule has 2 aromatic carbocycles. The van der Waals surface area contributed by atoms with Gasteiger partial charge in [0.25, 0.3) is 28.7 Å². The number of non-ortho nitro benzene ring substituents is 2. The van der Waals surface area contributed by atoms with E-state index in [1.54, 1.807) is 21.1 Å². The summed E-state index contributed by atoms with van der Waals surface area (Å²) in [5.74, 6) is -1.29. The quantitative estimate of drug-likeness (QED) is 0.0896. The summed E-state index contributed by atoms with van der Waals surface area (Å²) in [5.41, 5.74) is 1.61. The number of H-pyrrole nitrogens is 1. The lowest BCUT2D eigenvalue weighted by molar-refractivity contribution is -0.862. The van der Waals surface area contributed by atoms with Gasteiger partial charge in [-0.1, -0.05) is 11.3 Å². The zero-order valence-corrected chi connectivity index (χ0v) is 23.3. The van der Waals surface area contributed by atoms with Crippen molar-refractivity contribution in [1.29, 1.82) is 0 Å². The lowest BCUT2D eigenvalue weighted by atomic mass is 10.2. The Kier molecular flexibility index (Phi) is 9.06. The molecule has 0 radical (unpaired) electrons. The Hall–Kier alpha value is -4.87. The van der Waals surface area contributed by atoms with E-state index >= 15 is 0 Å². The number of carbonyl (C=O) groups is 2. The average Bonchev–Trinajstić information content (AvgIpc) is 3.26. The number of aromatic amines is 1. The SMILES string of the molecule is C[N+](C)(C)CC(=O)NN=C(Cc1nc2ccc([N+](=O)[O-])cc2[nH]c1=O)C(=O)Nc1nc2ccc([N+](=O)[O-])cc2s1.[Cl-]. The fraction of sp³-hybridized carbons (Fsp3) is 0.217. The minimum absolute atomic E-state index is 0. The topological polar surface area (TPSA) is 215 Å². The molecular formula is C23H22ClN9O7S. The number of fused-ring (bicyclic) bond motifs is 2. The number of hydrogen-bond acceptors (Lipinski definition) is 11. The number of aromatic nitrogens is 3. The number of benzene rings is 2. The second-order valence-electron chi connectivity index (χ2n) is 9.57. The van der Waals surface area contributed by atoms with Crippen molar-refractivity contribution in [2.24, 2.45) is 5.10 Å². The van der Waals surface area contributed by atoms with Crippen LogP contribution < -0.4 is 28.7 Å². The van der Waals surface area contributed by atoms with Crippen molar-refractivity contribution in [2.75, 3.05) is 33.0 Å². The highest BCUT2D eigenvalue weighted by Gasteiger charge is 2.21. The molecule has 16 nitrogen and oxygen atoms in total. The molecule has 4 rings (SSSR count). The molecule has 0 atom stereocenters. The standard InChI is InChI=1S/C23H21N9O7S.ClH/c1-32(2,3)11-20(33)29-28-18(10-17-21(34)25-16-8-12(30(36)37)4-6-14(16)24-17)22(35)27-23-26-15-7-5-13(31(38)39)9-19(15)40-23;/h4-9H,10-11H2,1-3H3,(H2-,25,26,27,29,33,34,35);1H. The molecule has 0 aliphatic rings. The van der Waals surface area contributed by atoms with E-state index in [1.807, 2.05) is 0 Å². The zero-order valence-electron chi connectivity index (χ0n) is 21.7. The molecule has 0 saturated heterocycles. The first kappa shape index (κ1) is 30.7. The van der Waals surface area contributed by atoms with Gasteiger partial charge >= 0.3 is 0 Å². The van der Waals surface area contributed by atoms with Gasteiger partial charge in [-0.05, 0) is 12.1 Å². The number of amides is 2. The van der Waals surface area contributed by atoms with Gasteiger partial charge in [0.1, 0.15) is 11.4 Å². The largest absolute Gasteiger partial charge is 1.00 e. The predicted molar refractivity (Wildman–Crippen MR) is 146 cm³/mol. The van der Waals surface area contributed by atoms with Crippen LogP contribution in [0.2, 0.25) is 0 Å². The van der Waals surface area contributed by atoms with Crippen molar-refractivity contribution in [3.05, 3.63) is 72.7 Å². The molecule has 2 heterocycles. The number of rotatable bonds is 9. The first-order valence-corrected chi connectivity index (χ1v) is 12.3. The molecule has 0 spiro atoms. The Balaban J connectivity index is 0.00000462. The minimum Gasteiger partial charge on any atom is -1.00 e. The molecule has 0 aliphatic carbocycles. The zero-order chi connectivity index (χ0) is 29.2. The van der Waals surface area contributed by atoms with Crippen molar-refractivity contribution in [1.82, 2.24) is 20.4 Å². The number of anilines is 1. The van der Waals surface area contributed by atoms with Crippen LogP contribution in [0.5, 0.6) is 0 Å². The average molecular weight is 604 g/mol. The second-order valence-corrected chi connectivity index (χ2v) is 10.6. The van der Waals surface area contributed by atoms with Crippen LogP contribution in [-0.2, 0) is 16.0 Å². The fourth-order valence-corrected chi connectivity index (χ4v) is 4.41. The molecule has 2 amide bonds. The Labute approximate surface area is 240 Å². The molecule has 2 aromatic heterocycles. The van der Waals surface area contributed by atoms with Gasteiger partial charge in [-0.25, -0.2) is 15.4 Å². The van der Waals surface area contributed by atoms with Gasteiger partial charge in [-0.15, -0.1) is 0 Å². The minimum atomic E-state index is -0.802. The van der Waals surface area contributed by atoms with Crippen LogP contribution in [0.25, 0.3) is 21.3 Å². The monoisotopic (exact) mass is 603 g/mol. The number of nitro groups is 2. The van der Waals surface area contributed by atoms with Crippen LogP contribution in [0, 0.1) is 20.2 Å². The van der Waals surface area contributed by atoms with E-state index in [9.17, 15) is 34.6 Å². The number of likely N-dealkylation sites (N-methyl/N-ethyl adjacent to an activating group) is 1. The number of carbonyl (C=O) groups excluding carboxylic acids is 2. The maximum absolute atomic E-state index is 13.2. The Morgan fingerprint density at radius 3 is 2.29 bits per heavy atom. The number of nitrogens with one attached hydrogen (secondary N) is 3. The summed E-state index contributed by atoms with van der Waals surface area (Å²) in [5, 5.41) is 28.7. The molecule has 0 saturated carbocycles. The number of nitrogens with zero attached hydrogens (tertiary/aromatic N) is 6. The van der Waals surface area contributed by atoms with Gasteiger partial charge in [0.05, 0.1) is 52.2 Å². The molecule has 0 aliphatic heterocycles. The van der Waals surface area contributed by atoms with Crippen LogP contribution in [0.15, 0.2) is 46.3 Å². The number of nitro benzene ring substituents is 2. The van der Waals surface area contributed by atoms with Crippen molar-refractivity contribution in [3.63, 3.8) is 0 Å². The van der Waals surface area contributed by atoms with Gasteiger partial charge in [-0.2, -0.15) is 5.10 Å². The summed E-state index contributed by atoms with van der Waals surface area (Å²) >= 11 is 0.991. The normalized spacial score (nSPS) is 11.6. The van der Waals surface area contributed by atoms with Crippen molar-refractivity contribution in [3.8, 4) is 0 Å². The highest BCUT2D eigenvalue weighted by Crippen LogP contribution is 2.29. The third-order valence-corrected chi connectivity index (χ3v) is 6.22. The summed E-state index contributed by atoms with van der Waals surface area (Å²) in [7, 11) is 5.37. The second kappa shape index (κ2) is 12.1. The molecule has 41 heavy (non-hydrogen) atoms. The summed E-state index contributed by atoms with van der Waals surface area (Å²) in [4.78, 5) is 70.2. The molecule has 4 aromatic rings. The van der Waals surface area contributed by atoms with Crippen molar-refractivity contribution in [2.45, 2.75) is 6.42 Å². The third-order valence-electron chi connectivity index (χ3n) is 5.29. The van der Waals surface area contributed by atoms with Crippen LogP contribution in [-0.4, -0.2) is 74.5 Å². The van der Waals surface area contributed by atoms with Crippen molar-refractivity contribution < 1.29 is 36.3 Å². The van der Waals surface area contributed by atoms with Crippen LogP contribution in [0.3, 0.4) is 0 Å². The van der Waals surface area contributed by atoms with E-state index < -0.39 is 33.6 Å². The van der Waals surface area contributed by atoms with Gasteiger partial charge in [0.15, 0.2) is 11.7 Å². The molecule has 0 bridgehead atoms. The predicted octanol–water partition coefficient (Wildman–Crippen LogP) is -1.29. The first-order chi connectivity index (χ1) is 18.8. The smallest absolute Gasteiger partial charge is 0.295 e.